The predicted octanol–water partition coefficient (Wildman–Crippen LogP) is 3.80. The molecule has 1 aliphatic heterocycles. The van der Waals surface area contributed by atoms with Gasteiger partial charge in [0.2, 0.25) is 0 Å². The summed E-state index contributed by atoms with van der Waals surface area (Å²) < 4.78 is 5.16. The van der Waals surface area contributed by atoms with Crippen molar-refractivity contribution in [2.45, 2.75) is 12.6 Å². The van der Waals surface area contributed by atoms with Crippen LogP contribution in [0.15, 0.2) is 42.5 Å². The predicted molar refractivity (Wildman–Crippen MR) is 91.3 cm³/mol. The molecule has 3 amide bonds. The van der Waals surface area contributed by atoms with Crippen LogP contribution in [0, 0.1) is 0 Å². The highest BCUT2D eigenvalue weighted by Crippen LogP contribution is 2.28. The molecule has 0 saturated carbocycles. The number of halogens is 2. The van der Waals surface area contributed by atoms with Gasteiger partial charge in [0.25, 0.3) is 5.91 Å². The molecule has 2 aromatic carbocycles. The van der Waals surface area contributed by atoms with Gasteiger partial charge in [0.15, 0.2) is 0 Å². The number of nitrogens with one attached hydrogen (secondary N) is 1. The van der Waals surface area contributed by atoms with Gasteiger partial charge in [-0.1, -0.05) is 41.4 Å². The molecule has 0 bridgehead atoms. The summed E-state index contributed by atoms with van der Waals surface area (Å²) in [7, 11) is 1.55. The molecule has 24 heavy (non-hydrogen) atoms. The Labute approximate surface area is 149 Å². The minimum absolute atomic E-state index is 0.127. The third kappa shape index (κ3) is 3.18. The third-order valence-electron chi connectivity index (χ3n) is 3.78. The summed E-state index contributed by atoms with van der Waals surface area (Å²) in [5.41, 5.74) is 1.39. The summed E-state index contributed by atoms with van der Waals surface area (Å²) >= 11 is 11.9. The molecule has 5 nitrogen and oxygen atoms in total. The zero-order chi connectivity index (χ0) is 17.3. The topological polar surface area (TPSA) is 58.6 Å². The number of nitrogens with zero attached hydrogens (tertiary/aromatic N) is 1. The Morgan fingerprint density at radius 3 is 2.62 bits per heavy atom. The number of ether oxygens (including phenoxy) is 1. The van der Waals surface area contributed by atoms with Crippen LogP contribution in [-0.2, 0) is 11.3 Å². The number of benzene rings is 2. The van der Waals surface area contributed by atoms with Crippen LogP contribution in [0.25, 0.3) is 0 Å². The van der Waals surface area contributed by atoms with Gasteiger partial charge in [-0.25, -0.2) is 4.79 Å². The van der Waals surface area contributed by atoms with Crippen LogP contribution in [0.3, 0.4) is 0 Å². The molecule has 1 fully saturated rings. The number of carbonyl (C=O) groups excluding carboxylic acids is 2. The zero-order valence-electron chi connectivity index (χ0n) is 12.8. The molecule has 0 aliphatic carbocycles. The van der Waals surface area contributed by atoms with Gasteiger partial charge in [0.1, 0.15) is 11.8 Å². The first-order chi connectivity index (χ1) is 11.5. The highest BCUT2D eigenvalue weighted by molar-refractivity contribution is 6.42. The molecule has 1 atom stereocenters. The molecular weight excluding hydrogens is 351 g/mol. The molecule has 1 heterocycles. The Bertz CT molecular complexity index is 810. The van der Waals surface area contributed by atoms with E-state index in [1.54, 1.807) is 49.6 Å². The molecular formula is C17H14Cl2N2O3. The molecule has 1 aliphatic rings. The standard InChI is InChI=1S/C17H14Cl2N2O3/c1-24-12-4-2-3-11(8-12)15-16(22)21(17(23)20-15)9-10-5-6-13(18)14(19)7-10/h2-8,15H,9H2,1H3,(H,20,23). The fourth-order valence-corrected chi connectivity index (χ4v) is 2.86. The second kappa shape index (κ2) is 6.71. The Kier molecular flexibility index (Phi) is 4.64. The number of methoxy groups -OCH3 is 1. The summed E-state index contributed by atoms with van der Waals surface area (Å²) in [6, 6.07) is 10.9. The average molecular weight is 365 g/mol. The SMILES string of the molecule is COc1cccc(C2NC(=O)N(Cc3ccc(Cl)c(Cl)c3)C2=O)c1. The molecule has 1 unspecified atom stereocenters. The van der Waals surface area contributed by atoms with Crippen molar-refractivity contribution in [3.05, 3.63) is 63.6 Å². The highest BCUT2D eigenvalue weighted by atomic mass is 35.5. The van der Waals surface area contributed by atoms with Crippen molar-refractivity contribution in [2.24, 2.45) is 0 Å². The maximum Gasteiger partial charge on any atom is 0.325 e. The second-order valence-corrected chi connectivity index (χ2v) is 6.15. The van der Waals surface area contributed by atoms with Crippen LogP contribution in [0.1, 0.15) is 17.2 Å². The lowest BCUT2D eigenvalue weighted by atomic mass is 10.1. The van der Waals surface area contributed by atoms with Crippen LogP contribution in [0.2, 0.25) is 10.0 Å². The molecule has 0 radical (unpaired) electrons. The second-order valence-electron chi connectivity index (χ2n) is 5.33. The maximum absolute atomic E-state index is 12.6. The van der Waals surface area contributed by atoms with Crippen LogP contribution in [-0.4, -0.2) is 23.9 Å². The van der Waals surface area contributed by atoms with Crippen molar-refractivity contribution in [1.29, 1.82) is 0 Å². The van der Waals surface area contributed by atoms with E-state index >= 15 is 0 Å². The number of amides is 3. The van der Waals surface area contributed by atoms with E-state index in [1.165, 1.54) is 0 Å². The van der Waals surface area contributed by atoms with Crippen molar-refractivity contribution < 1.29 is 14.3 Å². The summed E-state index contributed by atoms with van der Waals surface area (Å²) in [5, 5.41) is 3.49. The van der Waals surface area contributed by atoms with E-state index in [0.29, 0.717) is 21.4 Å². The number of rotatable bonds is 4. The van der Waals surface area contributed by atoms with Crippen LogP contribution < -0.4 is 10.1 Å². The number of hydrogen-bond acceptors (Lipinski definition) is 3. The van der Waals surface area contributed by atoms with E-state index < -0.39 is 12.1 Å². The van der Waals surface area contributed by atoms with Gasteiger partial charge in [-0.2, -0.15) is 0 Å². The Morgan fingerprint density at radius 1 is 1.12 bits per heavy atom. The quantitative estimate of drug-likeness (QED) is 0.839. The third-order valence-corrected chi connectivity index (χ3v) is 4.52. The van der Waals surface area contributed by atoms with Crippen LogP contribution in [0.5, 0.6) is 5.75 Å². The van der Waals surface area contributed by atoms with E-state index in [0.717, 1.165) is 10.5 Å². The smallest absolute Gasteiger partial charge is 0.325 e. The number of carbonyl (C=O) groups is 2. The Hall–Kier alpha value is -2.24. The van der Waals surface area contributed by atoms with Gasteiger partial charge in [-0.3, -0.25) is 9.69 Å². The molecule has 0 spiro atoms. The first-order valence-electron chi connectivity index (χ1n) is 7.19. The number of imide groups is 1. The fraction of sp³-hybridized carbons (Fsp3) is 0.176. The van der Waals surface area contributed by atoms with E-state index in [4.69, 9.17) is 27.9 Å². The molecule has 2 aromatic rings. The lowest BCUT2D eigenvalue weighted by molar-refractivity contribution is -0.128. The van der Waals surface area contributed by atoms with Gasteiger partial charge in [0.05, 0.1) is 23.7 Å². The highest BCUT2D eigenvalue weighted by Gasteiger charge is 2.39. The summed E-state index contributed by atoms with van der Waals surface area (Å²) in [5.74, 6) is 0.303. The summed E-state index contributed by atoms with van der Waals surface area (Å²) in [6.45, 7) is 0.127. The van der Waals surface area contributed by atoms with Crippen molar-refractivity contribution >= 4 is 35.1 Å². The van der Waals surface area contributed by atoms with Gasteiger partial charge < -0.3 is 10.1 Å². The molecule has 1 N–H and O–H groups in total. The maximum atomic E-state index is 12.6. The zero-order valence-corrected chi connectivity index (χ0v) is 14.3. The van der Waals surface area contributed by atoms with Crippen molar-refractivity contribution in [3.8, 4) is 5.75 Å². The Balaban J connectivity index is 1.82. The van der Waals surface area contributed by atoms with Crippen molar-refractivity contribution in [1.82, 2.24) is 10.2 Å². The molecule has 124 valence electrons. The molecule has 7 heteroatoms. The van der Waals surface area contributed by atoms with Crippen LogP contribution >= 0.6 is 23.2 Å². The van der Waals surface area contributed by atoms with E-state index in [9.17, 15) is 9.59 Å². The van der Waals surface area contributed by atoms with E-state index in [2.05, 4.69) is 5.32 Å². The van der Waals surface area contributed by atoms with Crippen molar-refractivity contribution in [2.75, 3.05) is 7.11 Å². The van der Waals surface area contributed by atoms with Gasteiger partial charge in [0, 0.05) is 0 Å². The van der Waals surface area contributed by atoms with E-state index in [1.807, 2.05) is 0 Å². The lowest BCUT2D eigenvalue weighted by Crippen LogP contribution is -2.30. The fourth-order valence-electron chi connectivity index (χ4n) is 2.54. The van der Waals surface area contributed by atoms with Gasteiger partial charge in [-0.05, 0) is 35.4 Å². The summed E-state index contributed by atoms with van der Waals surface area (Å²) in [4.78, 5) is 26.0. The number of urea groups is 1. The first kappa shape index (κ1) is 16.6. The van der Waals surface area contributed by atoms with Crippen molar-refractivity contribution in [3.63, 3.8) is 0 Å². The summed E-state index contributed by atoms with van der Waals surface area (Å²) in [6.07, 6.45) is 0. The van der Waals surface area contributed by atoms with E-state index in [-0.39, 0.29) is 12.5 Å². The minimum Gasteiger partial charge on any atom is -0.497 e. The number of hydrogen-bond donors (Lipinski definition) is 1. The normalized spacial score (nSPS) is 17.1. The monoisotopic (exact) mass is 364 g/mol. The largest absolute Gasteiger partial charge is 0.497 e. The molecule has 1 saturated heterocycles. The van der Waals surface area contributed by atoms with Gasteiger partial charge >= 0.3 is 6.03 Å². The lowest BCUT2D eigenvalue weighted by Gasteiger charge is -2.14. The Morgan fingerprint density at radius 2 is 1.92 bits per heavy atom. The van der Waals surface area contributed by atoms with Crippen LogP contribution in [0.4, 0.5) is 4.79 Å². The average Bonchev–Trinajstić information content (AvgIpc) is 2.86. The van der Waals surface area contributed by atoms with Gasteiger partial charge in [-0.15, -0.1) is 0 Å². The first-order valence-corrected chi connectivity index (χ1v) is 7.95. The minimum atomic E-state index is -0.727. The molecule has 0 aromatic heterocycles. The molecule has 3 rings (SSSR count).